The van der Waals surface area contributed by atoms with Crippen molar-refractivity contribution in [2.45, 2.75) is 31.0 Å². The van der Waals surface area contributed by atoms with Crippen LogP contribution < -0.4 is 10.1 Å². The normalized spacial score (nSPS) is 17.0. The molecule has 2 atom stereocenters. The summed E-state index contributed by atoms with van der Waals surface area (Å²) in [5, 5.41) is 12.0. The van der Waals surface area contributed by atoms with Crippen molar-refractivity contribution in [1.29, 1.82) is 0 Å². The Bertz CT molecular complexity index is 1890. The number of aliphatic hydroxyl groups is 1. The molecular formula is C39H33BrF2N2O4. The van der Waals surface area contributed by atoms with E-state index in [0.717, 1.165) is 38.9 Å². The summed E-state index contributed by atoms with van der Waals surface area (Å²) < 4.78 is 40.9. The summed E-state index contributed by atoms with van der Waals surface area (Å²) in [5.74, 6) is -1.46. The lowest BCUT2D eigenvalue weighted by molar-refractivity contribution is -0.129. The van der Waals surface area contributed by atoms with Crippen molar-refractivity contribution in [3.05, 3.63) is 160 Å². The highest BCUT2D eigenvalue weighted by molar-refractivity contribution is 9.10. The topological polar surface area (TPSA) is 80.2 Å². The number of aliphatic hydroxyl groups excluding tert-OH is 1. The number of halogens is 3. The molecule has 2 N–H and O–H groups in total. The van der Waals surface area contributed by atoms with Crippen LogP contribution in [0.1, 0.15) is 34.8 Å². The largest absolute Gasteiger partial charge is 0.494 e. The molecule has 6 rings (SSSR count). The third-order valence-electron chi connectivity index (χ3n) is 8.17. The van der Waals surface area contributed by atoms with Gasteiger partial charge in [-0.1, -0.05) is 88.7 Å². The summed E-state index contributed by atoms with van der Waals surface area (Å²) in [6.07, 6.45) is -0.118. The minimum atomic E-state index is -1.47. The Morgan fingerprint density at radius 3 is 2.19 bits per heavy atom. The molecule has 6 nitrogen and oxygen atoms in total. The van der Waals surface area contributed by atoms with Crippen LogP contribution in [0.25, 0.3) is 11.1 Å². The van der Waals surface area contributed by atoms with E-state index in [1.54, 1.807) is 12.1 Å². The van der Waals surface area contributed by atoms with Gasteiger partial charge < -0.3 is 19.9 Å². The molecule has 0 spiro atoms. The van der Waals surface area contributed by atoms with E-state index in [1.807, 2.05) is 91.0 Å². The monoisotopic (exact) mass is 710 g/mol. The van der Waals surface area contributed by atoms with Gasteiger partial charge >= 0.3 is 0 Å². The molecule has 0 radical (unpaired) electrons. The van der Waals surface area contributed by atoms with Gasteiger partial charge in [-0.3, -0.25) is 4.79 Å². The number of ether oxygens (including phenoxy) is 2. The Morgan fingerprint density at radius 1 is 0.833 bits per heavy atom. The summed E-state index contributed by atoms with van der Waals surface area (Å²) in [5.41, 5.74) is 3.26. The number of benzene rings is 5. The number of nitrogens with zero attached hydrogens (tertiary/aromatic N) is 1. The lowest BCUT2D eigenvalue weighted by atomic mass is 9.81. The van der Waals surface area contributed by atoms with Crippen molar-refractivity contribution >= 4 is 27.7 Å². The highest BCUT2D eigenvalue weighted by atomic mass is 79.9. The number of hydrogen-bond donors (Lipinski definition) is 2. The first-order valence-corrected chi connectivity index (χ1v) is 16.4. The SMILES string of the molecule is O=C(NCc1ccc(F)c(F)c1)[C@]1(Cc2ccc(Br)cc2)N=C(c2ccc(OCCCO)cc2)O[C@@H]1c1ccc(-c2ccccc2)cc1. The van der Waals surface area contributed by atoms with Crippen LogP contribution in [0, 0.1) is 11.6 Å². The van der Waals surface area contributed by atoms with Crippen molar-refractivity contribution in [3.63, 3.8) is 0 Å². The second-order valence-electron chi connectivity index (χ2n) is 11.5. The summed E-state index contributed by atoms with van der Waals surface area (Å²) in [6.45, 7) is 0.375. The molecule has 0 unspecified atom stereocenters. The zero-order valence-electron chi connectivity index (χ0n) is 25.9. The molecule has 1 amide bonds. The molecule has 1 aliphatic heterocycles. The summed E-state index contributed by atoms with van der Waals surface area (Å²) >= 11 is 3.49. The first kappa shape index (κ1) is 33.1. The molecule has 48 heavy (non-hydrogen) atoms. The summed E-state index contributed by atoms with van der Waals surface area (Å²) in [4.78, 5) is 19.6. The number of nitrogens with one attached hydrogen (secondary N) is 1. The van der Waals surface area contributed by atoms with Crippen molar-refractivity contribution < 1.29 is 28.2 Å². The van der Waals surface area contributed by atoms with Gasteiger partial charge in [-0.15, -0.1) is 0 Å². The van der Waals surface area contributed by atoms with Gasteiger partial charge in [-0.25, -0.2) is 13.8 Å². The molecule has 5 aromatic rings. The first-order valence-electron chi connectivity index (χ1n) is 15.6. The Kier molecular flexibility index (Phi) is 10.3. The number of rotatable bonds is 12. The minimum absolute atomic E-state index is 0.0368. The van der Waals surface area contributed by atoms with Gasteiger partial charge in [0.15, 0.2) is 23.3 Å². The molecule has 0 aromatic heterocycles. The maximum Gasteiger partial charge on any atom is 0.252 e. The van der Waals surface area contributed by atoms with Crippen LogP contribution in [0.15, 0.2) is 131 Å². The molecule has 0 fully saturated rings. The van der Waals surface area contributed by atoms with Crippen LogP contribution in [0.5, 0.6) is 5.75 Å². The highest BCUT2D eigenvalue weighted by Crippen LogP contribution is 2.43. The standard InChI is InChI=1S/C39H33BrF2N2O4/c40-32-16-7-26(8-17-32)24-39(38(46)43-25-27-9-20-34(41)35(42)23-27)36(30-12-10-29(11-13-30)28-5-2-1-3-6-28)48-37(44-39)31-14-18-33(19-15-31)47-22-4-21-45/h1-3,5-20,23,36,45H,4,21-22,24-25H2,(H,43,46)/t36-,39-/m1/s1. The number of carbonyl (C=O) groups is 1. The minimum Gasteiger partial charge on any atom is -0.494 e. The van der Waals surface area contributed by atoms with Gasteiger partial charge in [0.1, 0.15) is 5.75 Å². The molecule has 0 saturated heterocycles. The van der Waals surface area contributed by atoms with E-state index < -0.39 is 29.2 Å². The highest BCUT2D eigenvalue weighted by Gasteiger charge is 2.53. The van der Waals surface area contributed by atoms with E-state index in [9.17, 15) is 13.6 Å². The number of aliphatic imine (C=N–C) groups is 1. The molecule has 244 valence electrons. The van der Waals surface area contributed by atoms with Gasteiger partial charge in [0, 0.05) is 36.0 Å². The van der Waals surface area contributed by atoms with Crippen LogP contribution in [-0.2, 0) is 22.5 Å². The Balaban J connectivity index is 1.40. The maximum atomic E-state index is 14.5. The third kappa shape index (κ3) is 7.48. The molecule has 0 saturated carbocycles. The molecule has 5 aromatic carbocycles. The van der Waals surface area contributed by atoms with E-state index in [1.165, 1.54) is 6.07 Å². The van der Waals surface area contributed by atoms with E-state index in [0.29, 0.717) is 29.9 Å². The zero-order chi connectivity index (χ0) is 33.5. The maximum absolute atomic E-state index is 14.5. The average molecular weight is 712 g/mol. The van der Waals surface area contributed by atoms with Crippen LogP contribution in [0.3, 0.4) is 0 Å². The van der Waals surface area contributed by atoms with Crippen LogP contribution in [0.4, 0.5) is 8.78 Å². The van der Waals surface area contributed by atoms with Crippen LogP contribution >= 0.6 is 15.9 Å². The Labute approximate surface area is 286 Å². The first-order chi connectivity index (χ1) is 23.3. The van der Waals surface area contributed by atoms with Gasteiger partial charge in [0.05, 0.1) is 6.61 Å². The number of hydrogen-bond acceptors (Lipinski definition) is 5. The fourth-order valence-corrected chi connectivity index (χ4v) is 5.93. The summed E-state index contributed by atoms with van der Waals surface area (Å²) in [7, 11) is 0. The molecule has 1 aliphatic rings. The van der Waals surface area contributed by atoms with E-state index >= 15 is 0 Å². The van der Waals surface area contributed by atoms with E-state index in [-0.39, 0.29) is 25.5 Å². The van der Waals surface area contributed by atoms with Crippen molar-refractivity contribution in [1.82, 2.24) is 5.32 Å². The third-order valence-corrected chi connectivity index (χ3v) is 8.70. The van der Waals surface area contributed by atoms with Gasteiger partial charge in [0.2, 0.25) is 5.90 Å². The fourth-order valence-electron chi connectivity index (χ4n) is 5.66. The van der Waals surface area contributed by atoms with E-state index in [2.05, 4.69) is 21.2 Å². The lowest BCUT2D eigenvalue weighted by Gasteiger charge is -2.31. The molecular weight excluding hydrogens is 678 g/mol. The quantitative estimate of drug-likeness (QED) is 0.129. The summed E-state index contributed by atoms with van der Waals surface area (Å²) in [6, 6.07) is 36.3. The van der Waals surface area contributed by atoms with Crippen molar-refractivity contribution in [2.24, 2.45) is 4.99 Å². The van der Waals surface area contributed by atoms with Gasteiger partial charge in [-0.05, 0) is 76.3 Å². The predicted octanol–water partition coefficient (Wildman–Crippen LogP) is 7.97. The lowest BCUT2D eigenvalue weighted by Crippen LogP contribution is -2.49. The van der Waals surface area contributed by atoms with Gasteiger partial charge in [0.25, 0.3) is 5.91 Å². The van der Waals surface area contributed by atoms with E-state index in [4.69, 9.17) is 19.6 Å². The second-order valence-corrected chi connectivity index (χ2v) is 12.4. The van der Waals surface area contributed by atoms with Gasteiger partial charge in [-0.2, -0.15) is 0 Å². The molecule has 1 heterocycles. The zero-order valence-corrected chi connectivity index (χ0v) is 27.5. The predicted molar refractivity (Wildman–Crippen MR) is 185 cm³/mol. The molecule has 0 aliphatic carbocycles. The Morgan fingerprint density at radius 2 is 1.50 bits per heavy atom. The van der Waals surface area contributed by atoms with Crippen molar-refractivity contribution in [3.8, 4) is 16.9 Å². The average Bonchev–Trinajstić information content (AvgIpc) is 3.51. The van der Waals surface area contributed by atoms with Crippen LogP contribution in [-0.4, -0.2) is 35.7 Å². The fraction of sp³-hybridized carbons (Fsp3) is 0.179. The molecule has 9 heteroatoms. The number of amides is 1. The smallest absolute Gasteiger partial charge is 0.252 e. The second kappa shape index (κ2) is 14.9. The number of carbonyl (C=O) groups excluding carboxylic acids is 1. The Hall–Kier alpha value is -4.86. The molecule has 0 bridgehead atoms. The van der Waals surface area contributed by atoms with Crippen molar-refractivity contribution in [2.75, 3.05) is 13.2 Å². The van der Waals surface area contributed by atoms with Crippen LogP contribution in [0.2, 0.25) is 0 Å².